The maximum absolute atomic E-state index is 12.7. The van der Waals surface area contributed by atoms with Crippen LogP contribution in [0.5, 0.6) is 11.5 Å². The number of anilines is 1. The molecule has 1 saturated heterocycles. The third kappa shape index (κ3) is 5.76. The number of hydrogen-bond acceptors (Lipinski definition) is 6. The SMILES string of the molecule is COc1cccc(OC)c1C(=O)Nc1ccc(C(=O)NCCNC(=O)C2CCCO2)cc1. The van der Waals surface area contributed by atoms with Crippen molar-refractivity contribution in [3.8, 4) is 11.5 Å². The minimum atomic E-state index is -0.390. The standard InChI is InChI=1S/C23H27N3O6/c1-30-17-5-3-6-18(31-2)20(17)23(29)26-16-10-8-15(9-11-16)21(27)24-12-13-25-22(28)19-7-4-14-32-19/h3,5-6,8-11,19H,4,7,12-14H2,1-2H3,(H,24,27)(H,25,28)(H,26,29). The van der Waals surface area contributed by atoms with E-state index in [4.69, 9.17) is 14.2 Å². The predicted octanol–water partition coefficient (Wildman–Crippen LogP) is 1.98. The molecule has 0 aliphatic carbocycles. The molecule has 9 heteroatoms. The molecule has 2 aromatic rings. The summed E-state index contributed by atoms with van der Waals surface area (Å²) in [6, 6.07) is 11.6. The molecule has 1 unspecified atom stereocenters. The summed E-state index contributed by atoms with van der Waals surface area (Å²) in [5, 5.41) is 8.27. The number of hydrogen-bond donors (Lipinski definition) is 3. The molecule has 0 spiro atoms. The normalized spacial score (nSPS) is 15.0. The van der Waals surface area contributed by atoms with Gasteiger partial charge in [0, 0.05) is 30.9 Å². The van der Waals surface area contributed by atoms with E-state index >= 15 is 0 Å². The van der Waals surface area contributed by atoms with Crippen LogP contribution in [0, 0.1) is 0 Å². The summed E-state index contributed by atoms with van der Waals surface area (Å²) in [5.74, 6) is -0.0310. The third-order valence-corrected chi connectivity index (χ3v) is 4.99. The molecular formula is C23H27N3O6. The highest BCUT2D eigenvalue weighted by Gasteiger charge is 2.23. The Bertz CT molecular complexity index is 932. The molecule has 1 atom stereocenters. The minimum absolute atomic E-state index is 0.150. The first kappa shape index (κ1) is 23.1. The minimum Gasteiger partial charge on any atom is -0.496 e. The molecule has 32 heavy (non-hydrogen) atoms. The molecule has 0 bridgehead atoms. The summed E-state index contributed by atoms with van der Waals surface area (Å²) >= 11 is 0. The lowest BCUT2D eigenvalue weighted by Crippen LogP contribution is -2.39. The van der Waals surface area contributed by atoms with Crippen molar-refractivity contribution in [2.45, 2.75) is 18.9 Å². The average molecular weight is 441 g/mol. The molecule has 3 rings (SSSR count). The largest absolute Gasteiger partial charge is 0.496 e. The van der Waals surface area contributed by atoms with Gasteiger partial charge in [0.05, 0.1) is 14.2 Å². The molecule has 2 aromatic carbocycles. The molecule has 1 heterocycles. The van der Waals surface area contributed by atoms with Crippen LogP contribution in [-0.4, -0.2) is 57.7 Å². The van der Waals surface area contributed by atoms with E-state index in [1.54, 1.807) is 42.5 Å². The van der Waals surface area contributed by atoms with Crippen LogP contribution >= 0.6 is 0 Å². The fourth-order valence-electron chi connectivity index (χ4n) is 3.34. The molecule has 0 saturated carbocycles. The van der Waals surface area contributed by atoms with Crippen molar-refractivity contribution < 1.29 is 28.6 Å². The van der Waals surface area contributed by atoms with Crippen molar-refractivity contribution >= 4 is 23.4 Å². The summed E-state index contributed by atoms with van der Waals surface area (Å²) < 4.78 is 15.8. The van der Waals surface area contributed by atoms with Gasteiger partial charge in [0.15, 0.2) is 0 Å². The molecule has 0 aromatic heterocycles. The number of rotatable bonds is 9. The van der Waals surface area contributed by atoms with Gasteiger partial charge in [-0.05, 0) is 49.2 Å². The van der Waals surface area contributed by atoms with Crippen LogP contribution < -0.4 is 25.4 Å². The molecule has 3 N–H and O–H groups in total. The zero-order valence-corrected chi connectivity index (χ0v) is 18.1. The van der Waals surface area contributed by atoms with Crippen molar-refractivity contribution in [1.29, 1.82) is 0 Å². The zero-order valence-electron chi connectivity index (χ0n) is 18.1. The second-order valence-electron chi connectivity index (χ2n) is 7.12. The first-order valence-corrected chi connectivity index (χ1v) is 10.3. The maximum Gasteiger partial charge on any atom is 0.263 e. The van der Waals surface area contributed by atoms with E-state index < -0.39 is 5.91 Å². The van der Waals surface area contributed by atoms with Gasteiger partial charge in [-0.1, -0.05) is 6.07 Å². The van der Waals surface area contributed by atoms with Gasteiger partial charge in [-0.2, -0.15) is 0 Å². The Kier molecular flexibility index (Phi) is 8.04. The van der Waals surface area contributed by atoms with Gasteiger partial charge in [0.1, 0.15) is 23.2 Å². The van der Waals surface area contributed by atoms with Crippen LogP contribution in [0.25, 0.3) is 0 Å². The zero-order chi connectivity index (χ0) is 22.9. The summed E-state index contributed by atoms with van der Waals surface area (Å²) in [6.07, 6.45) is 1.23. The van der Waals surface area contributed by atoms with Crippen molar-refractivity contribution in [3.05, 3.63) is 53.6 Å². The number of amides is 3. The second-order valence-corrected chi connectivity index (χ2v) is 7.12. The first-order chi connectivity index (χ1) is 15.5. The Balaban J connectivity index is 1.51. The Morgan fingerprint density at radius 3 is 2.19 bits per heavy atom. The van der Waals surface area contributed by atoms with E-state index in [1.807, 2.05) is 0 Å². The van der Waals surface area contributed by atoms with Crippen LogP contribution in [0.2, 0.25) is 0 Å². The quantitative estimate of drug-likeness (QED) is 0.513. The van der Waals surface area contributed by atoms with E-state index in [1.165, 1.54) is 14.2 Å². The highest BCUT2D eigenvalue weighted by molar-refractivity contribution is 6.08. The molecule has 1 fully saturated rings. The van der Waals surface area contributed by atoms with E-state index in [0.29, 0.717) is 42.4 Å². The highest BCUT2D eigenvalue weighted by Crippen LogP contribution is 2.29. The molecule has 170 valence electrons. The number of ether oxygens (including phenoxy) is 3. The Hall–Kier alpha value is -3.59. The molecule has 3 amide bonds. The van der Waals surface area contributed by atoms with Gasteiger partial charge in [0.25, 0.3) is 11.8 Å². The summed E-state index contributed by atoms with van der Waals surface area (Å²) in [5.41, 5.74) is 1.23. The monoisotopic (exact) mass is 441 g/mol. The Labute approximate surface area is 186 Å². The number of methoxy groups -OCH3 is 2. The molecule has 9 nitrogen and oxygen atoms in total. The van der Waals surface area contributed by atoms with Crippen LogP contribution in [0.4, 0.5) is 5.69 Å². The molecule has 1 aliphatic heterocycles. The highest BCUT2D eigenvalue weighted by atomic mass is 16.5. The number of carbonyl (C=O) groups is 3. The Morgan fingerprint density at radius 2 is 1.59 bits per heavy atom. The fraction of sp³-hybridized carbons (Fsp3) is 0.348. The van der Waals surface area contributed by atoms with E-state index in [2.05, 4.69) is 16.0 Å². The van der Waals surface area contributed by atoms with Crippen LogP contribution in [-0.2, 0) is 9.53 Å². The number of benzene rings is 2. The van der Waals surface area contributed by atoms with Gasteiger partial charge < -0.3 is 30.2 Å². The van der Waals surface area contributed by atoms with Gasteiger partial charge in [-0.25, -0.2) is 0 Å². The maximum atomic E-state index is 12.7. The molecule has 1 aliphatic rings. The van der Waals surface area contributed by atoms with Gasteiger partial charge in [0.2, 0.25) is 5.91 Å². The summed E-state index contributed by atoms with van der Waals surface area (Å²) in [7, 11) is 2.96. The van der Waals surface area contributed by atoms with Crippen LogP contribution in [0.3, 0.4) is 0 Å². The lowest BCUT2D eigenvalue weighted by atomic mass is 10.1. The second kappa shape index (κ2) is 11.1. The summed E-state index contributed by atoms with van der Waals surface area (Å²) in [6.45, 7) is 1.22. The summed E-state index contributed by atoms with van der Waals surface area (Å²) in [4.78, 5) is 36.9. The predicted molar refractivity (Wildman–Crippen MR) is 118 cm³/mol. The topological polar surface area (TPSA) is 115 Å². The molecular weight excluding hydrogens is 414 g/mol. The van der Waals surface area contributed by atoms with E-state index in [-0.39, 0.29) is 23.5 Å². The van der Waals surface area contributed by atoms with Gasteiger partial charge >= 0.3 is 0 Å². The number of carbonyl (C=O) groups excluding carboxylic acids is 3. The smallest absolute Gasteiger partial charge is 0.263 e. The Morgan fingerprint density at radius 1 is 0.938 bits per heavy atom. The van der Waals surface area contributed by atoms with Crippen molar-refractivity contribution in [2.24, 2.45) is 0 Å². The first-order valence-electron chi connectivity index (χ1n) is 10.3. The van der Waals surface area contributed by atoms with Crippen molar-refractivity contribution in [2.75, 3.05) is 39.2 Å². The van der Waals surface area contributed by atoms with Crippen LogP contribution in [0.15, 0.2) is 42.5 Å². The van der Waals surface area contributed by atoms with Gasteiger partial charge in [-0.3, -0.25) is 14.4 Å². The van der Waals surface area contributed by atoms with E-state index in [0.717, 1.165) is 12.8 Å². The lowest BCUT2D eigenvalue weighted by molar-refractivity contribution is -0.129. The van der Waals surface area contributed by atoms with Gasteiger partial charge in [-0.15, -0.1) is 0 Å². The van der Waals surface area contributed by atoms with Crippen molar-refractivity contribution in [1.82, 2.24) is 10.6 Å². The lowest BCUT2D eigenvalue weighted by Gasteiger charge is -2.13. The fourth-order valence-corrected chi connectivity index (χ4v) is 3.34. The van der Waals surface area contributed by atoms with E-state index in [9.17, 15) is 14.4 Å². The molecule has 0 radical (unpaired) electrons. The van der Waals surface area contributed by atoms with Crippen molar-refractivity contribution in [3.63, 3.8) is 0 Å². The average Bonchev–Trinajstić information content (AvgIpc) is 3.36. The van der Waals surface area contributed by atoms with Crippen LogP contribution in [0.1, 0.15) is 33.6 Å². The number of nitrogens with one attached hydrogen (secondary N) is 3. The third-order valence-electron chi connectivity index (χ3n) is 4.99.